The fourth-order valence-electron chi connectivity index (χ4n) is 3.20. The smallest absolute Gasteiger partial charge is 0.229 e. The van der Waals surface area contributed by atoms with Crippen LogP contribution in [0.4, 0.5) is 11.5 Å². The first kappa shape index (κ1) is 13.9. The zero-order valence-electron chi connectivity index (χ0n) is 13.0. The Bertz CT molecular complexity index is 876. The van der Waals surface area contributed by atoms with Gasteiger partial charge in [-0.1, -0.05) is 18.2 Å². The number of aryl methyl sites for hydroxylation is 2. The quantitative estimate of drug-likeness (QED) is 0.781. The number of anilines is 2. The molecule has 0 spiro atoms. The first-order chi connectivity index (χ1) is 11.2. The van der Waals surface area contributed by atoms with Gasteiger partial charge < -0.3 is 15.2 Å². The van der Waals surface area contributed by atoms with E-state index in [4.69, 9.17) is 0 Å². The van der Waals surface area contributed by atoms with Crippen molar-refractivity contribution in [3.05, 3.63) is 42.2 Å². The van der Waals surface area contributed by atoms with Crippen LogP contribution >= 0.6 is 0 Å². The SMILES string of the molecule is Cn1cc(CC(=O)Nc2cnn3c2NCCC3)c2ccccc21. The van der Waals surface area contributed by atoms with Crippen LogP contribution in [0.1, 0.15) is 12.0 Å². The van der Waals surface area contributed by atoms with E-state index in [1.54, 1.807) is 6.20 Å². The molecular formula is C17H19N5O. The summed E-state index contributed by atoms with van der Waals surface area (Å²) in [5.74, 6) is 0.882. The van der Waals surface area contributed by atoms with E-state index in [-0.39, 0.29) is 5.91 Å². The number of fused-ring (bicyclic) bond motifs is 2. The Hall–Kier alpha value is -2.76. The maximum atomic E-state index is 12.4. The molecule has 0 atom stereocenters. The van der Waals surface area contributed by atoms with Crippen LogP contribution in [0.2, 0.25) is 0 Å². The monoisotopic (exact) mass is 309 g/mol. The molecule has 2 aromatic heterocycles. The second-order valence-electron chi connectivity index (χ2n) is 5.92. The average molecular weight is 309 g/mol. The van der Waals surface area contributed by atoms with Crippen LogP contribution < -0.4 is 10.6 Å². The number of nitrogens with zero attached hydrogens (tertiary/aromatic N) is 3. The molecule has 3 heterocycles. The lowest BCUT2D eigenvalue weighted by Crippen LogP contribution is -2.20. The molecule has 1 amide bonds. The molecule has 0 radical (unpaired) electrons. The Kier molecular flexibility index (Phi) is 3.29. The molecule has 0 unspecified atom stereocenters. The predicted octanol–water partition coefficient (Wildman–Crippen LogP) is 2.37. The number of nitrogens with one attached hydrogen (secondary N) is 2. The zero-order chi connectivity index (χ0) is 15.8. The van der Waals surface area contributed by atoms with Crippen LogP contribution in [-0.4, -0.2) is 26.8 Å². The van der Waals surface area contributed by atoms with Gasteiger partial charge in [-0.15, -0.1) is 0 Å². The van der Waals surface area contributed by atoms with Crippen molar-refractivity contribution in [1.82, 2.24) is 14.3 Å². The number of hydrogen-bond acceptors (Lipinski definition) is 3. The highest BCUT2D eigenvalue weighted by atomic mass is 16.1. The number of benzene rings is 1. The van der Waals surface area contributed by atoms with Crippen LogP contribution in [0.3, 0.4) is 0 Å². The summed E-state index contributed by atoms with van der Waals surface area (Å²) in [5.41, 5.74) is 2.93. The molecule has 118 valence electrons. The second kappa shape index (κ2) is 5.46. The number of carbonyl (C=O) groups excluding carboxylic acids is 1. The van der Waals surface area contributed by atoms with Crippen molar-refractivity contribution in [2.45, 2.75) is 19.4 Å². The molecule has 2 N–H and O–H groups in total. The number of para-hydroxylation sites is 1. The minimum atomic E-state index is -0.0236. The first-order valence-electron chi connectivity index (χ1n) is 7.85. The molecule has 1 aliphatic rings. The Morgan fingerprint density at radius 2 is 2.26 bits per heavy atom. The van der Waals surface area contributed by atoms with Crippen LogP contribution in [0.25, 0.3) is 10.9 Å². The summed E-state index contributed by atoms with van der Waals surface area (Å²) in [6.45, 7) is 1.80. The molecule has 0 fully saturated rings. The lowest BCUT2D eigenvalue weighted by molar-refractivity contribution is -0.115. The van der Waals surface area contributed by atoms with Crippen LogP contribution in [0, 0.1) is 0 Å². The number of rotatable bonds is 3. The summed E-state index contributed by atoms with van der Waals surface area (Å²) >= 11 is 0. The van der Waals surface area contributed by atoms with Gasteiger partial charge in [-0.05, 0) is 18.1 Å². The lowest BCUT2D eigenvalue weighted by atomic mass is 10.1. The molecule has 1 aromatic carbocycles. The van der Waals surface area contributed by atoms with E-state index in [1.165, 1.54) is 0 Å². The van der Waals surface area contributed by atoms with Gasteiger partial charge in [0.25, 0.3) is 0 Å². The highest BCUT2D eigenvalue weighted by Crippen LogP contribution is 2.25. The third-order valence-electron chi connectivity index (χ3n) is 4.28. The summed E-state index contributed by atoms with van der Waals surface area (Å²) in [5, 5.41) is 11.7. The largest absolute Gasteiger partial charge is 0.368 e. The van der Waals surface area contributed by atoms with Gasteiger partial charge in [-0.3, -0.25) is 4.79 Å². The summed E-state index contributed by atoms with van der Waals surface area (Å²) in [4.78, 5) is 12.4. The highest BCUT2D eigenvalue weighted by Gasteiger charge is 2.17. The van der Waals surface area contributed by atoms with Crippen LogP contribution in [-0.2, 0) is 24.8 Å². The molecule has 3 aromatic rings. The third kappa shape index (κ3) is 2.46. The van der Waals surface area contributed by atoms with Gasteiger partial charge in [0.15, 0.2) is 0 Å². The van der Waals surface area contributed by atoms with Crippen molar-refractivity contribution in [1.29, 1.82) is 0 Å². The van der Waals surface area contributed by atoms with Crippen molar-refractivity contribution < 1.29 is 4.79 Å². The van der Waals surface area contributed by atoms with E-state index in [0.717, 1.165) is 47.5 Å². The summed E-state index contributed by atoms with van der Waals surface area (Å²) in [6, 6.07) is 8.13. The van der Waals surface area contributed by atoms with E-state index >= 15 is 0 Å². The van der Waals surface area contributed by atoms with Crippen molar-refractivity contribution in [3.63, 3.8) is 0 Å². The molecule has 0 saturated carbocycles. The lowest BCUT2D eigenvalue weighted by Gasteiger charge is -2.17. The van der Waals surface area contributed by atoms with Crippen molar-refractivity contribution in [3.8, 4) is 0 Å². The molecule has 6 nitrogen and oxygen atoms in total. The Labute approximate surface area is 134 Å². The van der Waals surface area contributed by atoms with Crippen molar-refractivity contribution in [2.75, 3.05) is 17.2 Å². The standard InChI is InChI=1S/C17H19N5O/c1-21-11-12(13-5-2-3-6-15(13)21)9-16(23)20-14-10-19-22-8-4-7-18-17(14)22/h2-3,5-6,10-11,18H,4,7-9H2,1H3,(H,20,23). The maximum absolute atomic E-state index is 12.4. The maximum Gasteiger partial charge on any atom is 0.229 e. The van der Waals surface area contributed by atoms with Gasteiger partial charge in [0.05, 0.1) is 12.6 Å². The summed E-state index contributed by atoms with van der Waals surface area (Å²) < 4.78 is 3.96. The predicted molar refractivity (Wildman–Crippen MR) is 90.6 cm³/mol. The molecular weight excluding hydrogens is 290 g/mol. The molecule has 4 rings (SSSR count). The number of aromatic nitrogens is 3. The zero-order valence-corrected chi connectivity index (χ0v) is 13.0. The fraction of sp³-hybridized carbons (Fsp3) is 0.294. The molecule has 6 heteroatoms. The molecule has 0 aliphatic carbocycles. The second-order valence-corrected chi connectivity index (χ2v) is 5.92. The van der Waals surface area contributed by atoms with Crippen LogP contribution in [0.15, 0.2) is 36.7 Å². The van der Waals surface area contributed by atoms with Crippen LogP contribution in [0.5, 0.6) is 0 Å². The van der Waals surface area contributed by atoms with Gasteiger partial charge in [-0.25, -0.2) is 4.68 Å². The Balaban J connectivity index is 1.55. The van der Waals surface area contributed by atoms with E-state index in [0.29, 0.717) is 6.42 Å². The molecule has 1 aliphatic heterocycles. The van der Waals surface area contributed by atoms with Crippen molar-refractivity contribution >= 4 is 28.3 Å². The van der Waals surface area contributed by atoms with E-state index in [1.807, 2.05) is 30.1 Å². The van der Waals surface area contributed by atoms with E-state index < -0.39 is 0 Å². The average Bonchev–Trinajstić information content (AvgIpc) is 3.10. The fourth-order valence-corrected chi connectivity index (χ4v) is 3.20. The third-order valence-corrected chi connectivity index (χ3v) is 4.28. The van der Waals surface area contributed by atoms with Gasteiger partial charge in [0.1, 0.15) is 11.5 Å². The van der Waals surface area contributed by atoms with E-state index in [2.05, 4.69) is 32.4 Å². The Morgan fingerprint density at radius 1 is 1.39 bits per heavy atom. The van der Waals surface area contributed by atoms with Crippen molar-refractivity contribution in [2.24, 2.45) is 7.05 Å². The number of hydrogen-bond donors (Lipinski definition) is 2. The summed E-state index contributed by atoms with van der Waals surface area (Å²) in [6.07, 6.45) is 5.15. The van der Waals surface area contributed by atoms with E-state index in [9.17, 15) is 4.79 Å². The molecule has 23 heavy (non-hydrogen) atoms. The normalized spacial score (nSPS) is 13.6. The first-order valence-corrected chi connectivity index (χ1v) is 7.85. The summed E-state index contributed by atoms with van der Waals surface area (Å²) in [7, 11) is 2.00. The minimum absolute atomic E-state index is 0.0236. The topological polar surface area (TPSA) is 63.9 Å². The van der Waals surface area contributed by atoms with Gasteiger partial charge in [0.2, 0.25) is 5.91 Å². The molecule has 0 bridgehead atoms. The van der Waals surface area contributed by atoms with Gasteiger partial charge in [-0.2, -0.15) is 5.10 Å². The number of carbonyl (C=O) groups is 1. The highest BCUT2D eigenvalue weighted by molar-refractivity contribution is 5.97. The van der Waals surface area contributed by atoms with Gasteiger partial charge >= 0.3 is 0 Å². The minimum Gasteiger partial charge on any atom is -0.368 e. The Morgan fingerprint density at radius 3 is 3.17 bits per heavy atom. The number of amides is 1. The van der Waals surface area contributed by atoms with Gasteiger partial charge in [0, 0.05) is 37.2 Å². The molecule has 0 saturated heterocycles.